The van der Waals surface area contributed by atoms with Gasteiger partial charge in [-0.25, -0.2) is 0 Å². The van der Waals surface area contributed by atoms with E-state index >= 15 is 0 Å². The third-order valence-electron chi connectivity index (χ3n) is 2.53. The highest BCUT2D eigenvalue weighted by atomic mass is 19.4. The van der Waals surface area contributed by atoms with Gasteiger partial charge in [0.2, 0.25) is 5.91 Å². The summed E-state index contributed by atoms with van der Waals surface area (Å²) in [7, 11) is 0. The fourth-order valence-electron chi connectivity index (χ4n) is 1.60. The summed E-state index contributed by atoms with van der Waals surface area (Å²) in [6.45, 7) is 1.93. The minimum absolute atomic E-state index is 0.118. The highest BCUT2D eigenvalue weighted by Gasteiger charge is 2.27. The van der Waals surface area contributed by atoms with Gasteiger partial charge in [-0.1, -0.05) is 19.1 Å². The van der Waals surface area contributed by atoms with Crippen molar-refractivity contribution in [2.45, 2.75) is 26.1 Å². The van der Waals surface area contributed by atoms with Gasteiger partial charge in [-0.05, 0) is 24.2 Å². The third kappa shape index (κ3) is 8.31. The number of hydrogen-bond acceptors (Lipinski definition) is 3. The first-order valence-electron chi connectivity index (χ1n) is 6.64. The molecule has 0 heterocycles. The van der Waals surface area contributed by atoms with E-state index in [1.54, 1.807) is 6.07 Å². The molecular weight excluding hydrogens is 285 g/mol. The molecule has 0 aromatic heterocycles. The van der Waals surface area contributed by atoms with Crippen LogP contribution in [-0.2, 0) is 16.1 Å². The lowest BCUT2D eigenvalue weighted by molar-refractivity contribution is -0.174. The zero-order chi connectivity index (χ0) is 15.7. The SMILES string of the molecule is CCNCc1cccc(NC(=O)CCOCC(F)(F)F)c1. The summed E-state index contributed by atoms with van der Waals surface area (Å²) >= 11 is 0. The standard InChI is InChI=1S/C14H19F3N2O2/c1-2-18-9-11-4-3-5-12(8-11)19-13(20)6-7-21-10-14(15,16)17/h3-5,8,18H,2,6-7,9-10H2,1H3,(H,19,20). The number of nitrogens with one attached hydrogen (secondary N) is 2. The first-order valence-corrected chi connectivity index (χ1v) is 6.64. The number of ether oxygens (including phenoxy) is 1. The van der Waals surface area contributed by atoms with Crippen LogP contribution in [0.3, 0.4) is 0 Å². The normalized spacial score (nSPS) is 11.4. The zero-order valence-electron chi connectivity index (χ0n) is 11.8. The predicted molar refractivity (Wildman–Crippen MR) is 73.9 cm³/mol. The Morgan fingerprint density at radius 2 is 2.10 bits per heavy atom. The molecule has 21 heavy (non-hydrogen) atoms. The number of benzene rings is 1. The van der Waals surface area contributed by atoms with Crippen LogP contribution in [0, 0.1) is 0 Å². The summed E-state index contributed by atoms with van der Waals surface area (Å²) < 4.78 is 39.9. The Hall–Kier alpha value is -1.60. The Morgan fingerprint density at radius 1 is 1.33 bits per heavy atom. The third-order valence-corrected chi connectivity index (χ3v) is 2.53. The molecule has 0 bridgehead atoms. The van der Waals surface area contributed by atoms with E-state index in [9.17, 15) is 18.0 Å². The number of halogens is 3. The van der Waals surface area contributed by atoms with Crippen molar-refractivity contribution >= 4 is 11.6 Å². The van der Waals surface area contributed by atoms with E-state index in [4.69, 9.17) is 0 Å². The lowest BCUT2D eigenvalue weighted by Crippen LogP contribution is -2.20. The molecule has 0 fully saturated rings. The van der Waals surface area contributed by atoms with Gasteiger partial charge >= 0.3 is 6.18 Å². The van der Waals surface area contributed by atoms with E-state index in [1.807, 2.05) is 25.1 Å². The molecule has 1 rings (SSSR count). The molecule has 118 valence electrons. The van der Waals surface area contributed by atoms with Crippen molar-refractivity contribution in [3.8, 4) is 0 Å². The van der Waals surface area contributed by atoms with E-state index < -0.39 is 12.8 Å². The summed E-state index contributed by atoms with van der Waals surface area (Å²) in [6.07, 6.45) is -4.48. The molecule has 2 N–H and O–H groups in total. The van der Waals surface area contributed by atoms with Crippen molar-refractivity contribution in [1.29, 1.82) is 0 Å². The zero-order valence-corrected chi connectivity index (χ0v) is 11.8. The first kappa shape index (κ1) is 17.5. The van der Waals surface area contributed by atoms with Gasteiger partial charge in [0.25, 0.3) is 0 Å². The van der Waals surface area contributed by atoms with Crippen LogP contribution >= 0.6 is 0 Å². The lowest BCUT2D eigenvalue weighted by Gasteiger charge is -2.09. The van der Waals surface area contributed by atoms with Gasteiger partial charge < -0.3 is 15.4 Å². The van der Waals surface area contributed by atoms with E-state index in [1.165, 1.54) is 0 Å². The minimum atomic E-state index is -4.36. The smallest absolute Gasteiger partial charge is 0.372 e. The predicted octanol–water partition coefficient (Wildman–Crippen LogP) is 2.70. The molecular formula is C14H19F3N2O2. The Bertz CT molecular complexity index is 450. The van der Waals surface area contributed by atoms with E-state index in [0.717, 1.165) is 12.1 Å². The Kier molecular flexibility index (Phi) is 7.18. The number of carbonyl (C=O) groups excluding carboxylic acids is 1. The van der Waals surface area contributed by atoms with Gasteiger partial charge in [0.1, 0.15) is 6.61 Å². The number of carbonyl (C=O) groups is 1. The maximum absolute atomic E-state index is 11.8. The Balaban J connectivity index is 2.34. The van der Waals surface area contributed by atoms with Crippen molar-refractivity contribution in [3.05, 3.63) is 29.8 Å². The molecule has 4 nitrogen and oxygen atoms in total. The van der Waals surface area contributed by atoms with Gasteiger partial charge in [0.05, 0.1) is 13.0 Å². The average Bonchev–Trinajstić information content (AvgIpc) is 2.41. The van der Waals surface area contributed by atoms with Gasteiger partial charge in [0.15, 0.2) is 0 Å². The fourth-order valence-corrected chi connectivity index (χ4v) is 1.60. The van der Waals surface area contributed by atoms with Gasteiger partial charge in [-0.2, -0.15) is 13.2 Å². The van der Waals surface area contributed by atoms with E-state index in [0.29, 0.717) is 12.2 Å². The van der Waals surface area contributed by atoms with Crippen molar-refractivity contribution in [2.24, 2.45) is 0 Å². The monoisotopic (exact) mass is 304 g/mol. The molecule has 0 spiro atoms. The second kappa shape index (κ2) is 8.63. The van der Waals surface area contributed by atoms with E-state index in [2.05, 4.69) is 15.4 Å². The molecule has 0 saturated carbocycles. The lowest BCUT2D eigenvalue weighted by atomic mass is 10.2. The topological polar surface area (TPSA) is 50.4 Å². The molecule has 7 heteroatoms. The van der Waals surface area contributed by atoms with Gasteiger partial charge in [0, 0.05) is 12.2 Å². The highest BCUT2D eigenvalue weighted by Crippen LogP contribution is 2.14. The van der Waals surface area contributed by atoms with E-state index in [-0.39, 0.29) is 18.9 Å². The molecule has 1 aromatic rings. The molecule has 0 atom stereocenters. The van der Waals surface area contributed by atoms with Crippen LogP contribution in [0.4, 0.5) is 18.9 Å². The highest BCUT2D eigenvalue weighted by molar-refractivity contribution is 5.90. The minimum Gasteiger partial charge on any atom is -0.372 e. The summed E-state index contributed by atoms with van der Waals surface area (Å²) in [6, 6.07) is 7.27. The largest absolute Gasteiger partial charge is 0.411 e. The Morgan fingerprint density at radius 3 is 2.76 bits per heavy atom. The Labute approximate surface area is 121 Å². The second-order valence-corrected chi connectivity index (χ2v) is 4.45. The summed E-state index contributed by atoms with van der Waals surface area (Å²) in [5, 5.41) is 5.79. The van der Waals surface area contributed by atoms with Gasteiger partial charge in [-0.15, -0.1) is 0 Å². The molecule has 0 unspecified atom stereocenters. The second-order valence-electron chi connectivity index (χ2n) is 4.45. The van der Waals surface area contributed by atoms with Gasteiger partial charge in [-0.3, -0.25) is 4.79 Å². The van der Waals surface area contributed by atoms with Crippen LogP contribution in [0.5, 0.6) is 0 Å². The van der Waals surface area contributed by atoms with Crippen LogP contribution in [0.1, 0.15) is 18.9 Å². The first-order chi connectivity index (χ1) is 9.90. The van der Waals surface area contributed by atoms with Crippen LogP contribution in [0.15, 0.2) is 24.3 Å². The summed E-state index contributed by atoms with van der Waals surface area (Å²) in [5.74, 6) is -0.377. The fraction of sp³-hybridized carbons (Fsp3) is 0.500. The van der Waals surface area contributed by atoms with Crippen molar-refractivity contribution < 1.29 is 22.7 Å². The van der Waals surface area contributed by atoms with Crippen molar-refractivity contribution in [1.82, 2.24) is 5.32 Å². The molecule has 0 radical (unpaired) electrons. The molecule has 0 aliphatic heterocycles. The number of amides is 1. The van der Waals surface area contributed by atoms with Crippen molar-refractivity contribution in [2.75, 3.05) is 25.1 Å². The quantitative estimate of drug-likeness (QED) is 0.726. The molecule has 0 aliphatic rings. The molecule has 1 amide bonds. The average molecular weight is 304 g/mol. The maximum Gasteiger partial charge on any atom is 0.411 e. The van der Waals surface area contributed by atoms with Crippen molar-refractivity contribution in [3.63, 3.8) is 0 Å². The molecule has 0 saturated heterocycles. The number of hydrogen-bond donors (Lipinski definition) is 2. The maximum atomic E-state index is 11.8. The number of alkyl halides is 3. The van der Waals surface area contributed by atoms with Crippen LogP contribution in [-0.4, -0.2) is 31.8 Å². The number of rotatable bonds is 8. The summed E-state index contributed by atoms with van der Waals surface area (Å²) in [4.78, 5) is 11.6. The molecule has 1 aromatic carbocycles. The summed E-state index contributed by atoms with van der Waals surface area (Å²) in [5.41, 5.74) is 1.63. The van der Waals surface area contributed by atoms with Crippen LogP contribution in [0.25, 0.3) is 0 Å². The van der Waals surface area contributed by atoms with Crippen LogP contribution in [0.2, 0.25) is 0 Å². The molecule has 0 aliphatic carbocycles. The van der Waals surface area contributed by atoms with Crippen LogP contribution < -0.4 is 10.6 Å². The number of anilines is 1.